The van der Waals surface area contributed by atoms with Crippen molar-refractivity contribution in [3.63, 3.8) is 0 Å². The lowest BCUT2D eigenvalue weighted by atomic mass is 10.9. The minimum atomic E-state index is 0.768. The standard InChI is InChI=1S/C6H16N4/c1-9(2)5-7-8-6-10(3)4/h5,8H,6H2,1-4H3. The smallest absolute Gasteiger partial charge is 0.110 e. The van der Waals surface area contributed by atoms with Gasteiger partial charge >= 0.3 is 0 Å². The molecule has 0 aromatic carbocycles. The van der Waals surface area contributed by atoms with Crippen molar-refractivity contribution >= 4 is 6.34 Å². The summed E-state index contributed by atoms with van der Waals surface area (Å²) in [5.41, 5.74) is 2.87. The van der Waals surface area contributed by atoms with Gasteiger partial charge in [0.25, 0.3) is 0 Å². The van der Waals surface area contributed by atoms with Crippen molar-refractivity contribution in [2.24, 2.45) is 5.10 Å². The zero-order valence-electron chi connectivity index (χ0n) is 7.13. The highest BCUT2D eigenvalue weighted by molar-refractivity contribution is 5.53. The van der Waals surface area contributed by atoms with E-state index in [-0.39, 0.29) is 0 Å². The molecule has 0 unspecified atom stereocenters. The Bertz CT molecular complexity index is 97.9. The van der Waals surface area contributed by atoms with Crippen LogP contribution in [0, 0.1) is 0 Å². The number of hydrogen-bond donors (Lipinski definition) is 1. The maximum Gasteiger partial charge on any atom is 0.110 e. The van der Waals surface area contributed by atoms with Crippen molar-refractivity contribution in [2.45, 2.75) is 0 Å². The molecule has 1 N–H and O–H groups in total. The highest BCUT2D eigenvalue weighted by atomic mass is 15.4. The Kier molecular flexibility index (Phi) is 4.66. The summed E-state index contributed by atoms with van der Waals surface area (Å²) in [6, 6.07) is 0. The predicted molar refractivity (Wildman–Crippen MR) is 43.9 cm³/mol. The highest BCUT2D eigenvalue weighted by Crippen LogP contribution is 1.68. The number of nitrogens with one attached hydrogen (secondary N) is 1. The lowest BCUT2D eigenvalue weighted by molar-refractivity contribution is 0.373. The molecule has 0 heterocycles. The molecule has 0 aromatic rings. The Morgan fingerprint density at radius 2 is 1.90 bits per heavy atom. The molecular formula is C6H16N4. The molecule has 0 bridgehead atoms. The van der Waals surface area contributed by atoms with E-state index in [0.29, 0.717) is 0 Å². The van der Waals surface area contributed by atoms with Crippen molar-refractivity contribution < 1.29 is 0 Å². The lowest BCUT2D eigenvalue weighted by Gasteiger charge is -2.08. The van der Waals surface area contributed by atoms with Gasteiger partial charge in [-0.1, -0.05) is 0 Å². The van der Waals surface area contributed by atoms with E-state index in [0.717, 1.165) is 6.67 Å². The summed E-state index contributed by atoms with van der Waals surface area (Å²) >= 11 is 0. The Hall–Kier alpha value is -0.770. The zero-order chi connectivity index (χ0) is 7.98. The van der Waals surface area contributed by atoms with Gasteiger partial charge in [0.1, 0.15) is 6.34 Å². The largest absolute Gasteiger partial charge is 0.367 e. The first-order valence-electron chi connectivity index (χ1n) is 3.20. The number of rotatable bonds is 4. The summed E-state index contributed by atoms with van der Waals surface area (Å²) in [5, 5.41) is 3.92. The molecule has 0 saturated heterocycles. The third kappa shape index (κ3) is 7.23. The van der Waals surface area contributed by atoms with Crippen LogP contribution in [0.2, 0.25) is 0 Å². The van der Waals surface area contributed by atoms with Crippen molar-refractivity contribution in [1.82, 2.24) is 15.2 Å². The molecule has 4 nitrogen and oxygen atoms in total. The molecule has 0 aliphatic carbocycles. The first-order chi connectivity index (χ1) is 4.63. The molecule has 60 valence electrons. The molecular weight excluding hydrogens is 128 g/mol. The minimum Gasteiger partial charge on any atom is -0.367 e. The second-order valence-electron chi connectivity index (χ2n) is 2.60. The van der Waals surface area contributed by atoms with Crippen molar-refractivity contribution in [3.05, 3.63) is 0 Å². The Labute approximate surface area is 62.5 Å². The van der Waals surface area contributed by atoms with Crippen molar-refractivity contribution in [3.8, 4) is 0 Å². The number of nitrogens with zero attached hydrogens (tertiary/aromatic N) is 3. The third-order valence-electron chi connectivity index (χ3n) is 0.767. The van der Waals surface area contributed by atoms with Crippen molar-refractivity contribution in [2.75, 3.05) is 34.9 Å². The topological polar surface area (TPSA) is 30.9 Å². The van der Waals surface area contributed by atoms with Crippen LogP contribution < -0.4 is 5.43 Å². The summed E-state index contributed by atoms with van der Waals surface area (Å²) < 4.78 is 0. The van der Waals surface area contributed by atoms with Gasteiger partial charge in [-0.2, -0.15) is 5.10 Å². The molecule has 10 heavy (non-hydrogen) atoms. The fourth-order valence-electron chi connectivity index (χ4n) is 0.339. The van der Waals surface area contributed by atoms with Crippen LogP contribution >= 0.6 is 0 Å². The fourth-order valence-corrected chi connectivity index (χ4v) is 0.339. The molecule has 0 amide bonds. The van der Waals surface area contributed by atoms with E-state index >= 15 is 0 Å². The Balaban J connectivity index is 3.19. The van der Waals surface area contributed by atoms with Crippen LogP contribution in [0.25, 0.3) is 0 Å². The van der Waals surface area contributed by atoms with Gasteiger partial charge in [-0.3, -0.25) is 10.3 Å². The van der Waals surface area contributed by atoms with Gasteiger partial charge in [-0.25, -0.2) is 0 Å². The fraction of sp³-hybridized carbons (Fsp3) is 0.833. The van der Waals surface area contributed by atoms with Gasteiger partial charge in [0.2, 0.25) is 0 Å². The van der Waals surface area contributed by atoms with Gasteiger partial charge < -0.3 is 4.90 Å². The molecule has 0 fully saturated rings. The summed E-state index contributed by atoms with van der Waals surface area (Å²) in [7, 11) is 7.83. The summed E-state index contributed by atoms with van der Waals surface area (Å²) in [4.78, 5) is 3.88. The average molecular weight is 144 g/mol. The second kappa shape index (κ2) is 5.05. The molecule has 0 aromatic heterocycles. The lowest BCUT2D eigenvalue weighted by Crippen LogP contribution is -2.25. The second-order valence-corrected chi connectivity index (χ2v) is 2.60. The van der Waals surface area contributed by atoms with Gasteiger partial charge in [0, 0.05) is 14.1 Å². The van der Waals surface area contributed by atoms with E-state index in [1.54, 1.807) is 6.34 Å². The van der Waals surface area contributed by atoms with Gasteiger partial charge in [0.15, 0.2) is 0 Å². The molecule has 0 saturated carbocycles. The molecule has 0 aliphatic rings. The maximum absolute atomic E-state index is 3.92. The van der Waals surface area contributed by atoms with Gasteiger partial charge in [-0.15, -0.1) is 0 Å². The maximum atomic E-state index is 3.92. The van der Waals surface area contributed by atoms with E-state index in [1.165, 1.54) is 0 Å². The number of hydrogen-bond acceptors (Lipinski definition) is 3. The summed E-state index contributed by atoms with van der Waals surface area (Å²) in [6.45, 7) is 0.768. The Morgan fingerprint density at radius 1 is 1.30 bits per heavy atom. The van der Waals surface area contributed by atoms with E-state index < -0.39 is 0 Å². The number of hydrazone groups is 1. The van der Waals surface area contributed by atoms with E-state index in [2.05, 4.69) is 10.5 Å². The highest BCUT2D eigenvalue weighted by Gasteiger charge is 1.82. The van der Waals surface area contributed by atoms with Crippen molar-refractivity contribution in [1.29, 1.82) is 0 Å². The van der Waals surface area contributed by atoms with E-state index in [1.807, 2.05) is 38.0 Å². The first kappa shape index (κ1) is 9.23. The minimum absolute atomic E-state index is 0.768. The molecule has 0 rings (SSSR count). The molecule has 4 heteroatoms. The first-order valence-corrected chi connectivity index (χ1v) is 3.20. The van der Waals surface area contributed by atoms with Crippen LogP contribution in [-0.4, -0.2) is 51.0 Å². The SMILES string of the molecule is CN(C)C=NNCN(C)C. The normalized spacial score (nSPS) is 10.9. The average Bonchev–Trinajstić information content (AvgIpc) is 1.79. The predicted octanol–water partition coefficient (Wildman–Crippen LogP) is -0.400. The summed E-state index contributed by atoms with van der Waals surface area (Å²) in [5.74, 6) is 0. The summed E-state index contributed by atoms with van der Waals surface area (Å²) in [6.07, 6.45) is 1.73. The quantitative estimate of drug-likeness (QED) is 0.252. The van der Waals surface area contributed by atoms with E-state index in [4.69, 9.17) is 0 Å². The zero-order valence-corrected chi connectivity index (χ0v) is 7.13. The molecule has 0 atom stereocenters. The van der Waals surface area contributed by atoms with Crippen LogP contribution in [-0.2, 0) is 0 Å². The van der Waals surface area contributed by atoms with Crippen LogP contribution in [0.5, 0.6) is 0 Å². The molecule has 0 radical (unpaired) electrons. The molecule has 0 aliphatic heterocycles. The van der Waals surface area contributed by atoms with E-state index in [9.17, 15) is 0 Å². The van der Waals surface area contributed by atoms with Crippen LogP contribution in [0.15, 0.2) is 5.10 Å². The molecule has 0 spiro atoms. The monoisotopic (exact) mass is 144 g/mol. The third-order valence-corrected chi connectivity index (χ3v) is 0.767. The Morgan fingerprint density at radius 3 is 2.30 bits per heavy atom. The van der Waals surface area contributed by atoms with Gasteiger partial charge in [0.05, 0.1) is 6.67 Å². The van der Waals surface area contributed by atoms with Gasteiger partial charge in [-0.05, 0) is 14.1 Å². The van der Waals surface area contributed by atoms with Crippen LogP contribution in [0.3, 0.4) is 0 Å². The van der Waals surface area contributed by atoms with Crippen LogP contribution in [0.4, 0.5) is 0 Å². The van der Waals surface area contributed by atoms with Crippen LogP contribution in [0.1, 0.15) is 0 Å².